The molecule has 0 radical (unpaired) electrons. The number of carboxylic acids is 1. The van der Waals surface area contributed by atoms with E-state index in [1.165, 1.54) is 6.08 Å². The molecule has 0 fully saturated rings. The number of halogens is 2. The first-order valence-corrected chi connectivity index (χ1v) is 5.54. The highest BCUT2D eigenvalue weighted by Gasteiger charge is 2.36. The molecule has 2 rings (SSSR count). The van der Waals surface area contributed by atoms with Crippen LogP contribution in [0.4, 0.5) is 10.1 Å². The fraction of sp³-hybridized carbons (Fsp3) is 0.0833. The second-order valence-corrected chi connectivity index (χ2v) is 4.18. The number of Topliss-reactive ketones (excluding diaryl/α,β-unsaturated/α-hetero) is 1. The van der Waals surface area contributed by atoms with Gasteiger partial charge in [-0.05, 0) is 12.1 Å². The third-order valence-electron chi connectivity index (χ3n) is 2.56. The Morgan fingerprint density at radius 2 is 2.11 bits per heavy atom. The zero-order valence-corrected chi connectivity index (χ0v) is 10.1. The van der Waals surface area contributed by atoms with E-state index in [1.807, 2.05) is 0 Å². The standard InChI is InChI=1S/C12H7ClFNO4/c13-7-4-6-9(5-8(7)14)15(12(19)11(6)18)3-1-2-10(16)17/h1-2,4-5H,3H2,(H,16,17)/b2-1+. The predicted octanol–water partition coefficient (Wildman–Crippen LogP) is 1.65. The van der Waals surface area contributed by atoms with Crippen LogP contribution in [-0.4, -0.2) is 29.3 Å². The third kappa shape index (κ3) is 2.34. The van der Waals surface area contributed by atoms with Crippen LogP contribution in [0, 0.1) is 5.82 Å². The molecule has 1 N–H and O–H groups in total. The molecule has 0 bridgehead atoms. The van der Waals surface area contributed by atoms with Crippen molar-refractivity contribution in [2.45, 2.75) is 0 Å². The predicted molar refractivity (Wildman–Crippen MR) is 64.9 cm³/mol. The summed E-state index contributed by atoms with van der Waals surface area (Å²) in [6, 6.07) is 2.07. The van der Waals surface area contributed by atoms with Crippen LogP contribution in [0.15, 0.2) is 24.3 Å². The zero-order valence-electron chi connectivity index (χ0n) is 9.39. The van der Waals surface area contributed by atoms with Crippen molar-refractivity contribution in [3.63, 3.8) is 0 Å². The highest BCUT2D eigenvalue weighted by atomic mass is 35.5. The Kier molecular flexibility index (Phi) is 3.35. The molecule has 0 saturated heterocycles. The van der Waals surface area contributed by atoms with E-state index in [9.17, 15) is 18.8 Å². The molecule has 1 heterocycles. The summed E-state index contributed by atoms with van der Waals surface area (Å²) < 4.78 is 13.4. The summed E-state index contributed by atoms with van der Waals surface area (Å²) >= 11 is 5.55. The first-order valence-electron chi connectivity index (χ1n) is 5.16. The molecule has 5 nitrogen and oxygen atoms in total. The molecule has 1 aromatic carbocycles. The van der Waals surface area contributed by atoms with Crippen molar-refractivity contribution in [3.05, 3.63) is 40.7 Å². The molecule has 0 atom stereocenters. The van der Waals surface area contributed by atoms with Crippen LogP contribution >= 0.6 is 11.6 Å². The van der Waals surface area contributed by atoms with E-state index >= 15 is 0 Å². The van der Waals surface area contributed by atoms with Gasteiger partial charge in [0.2, 0.25) is 0 Å². The van der Waals surface area contributed by atoms with Crippen LogP contribution in [0.2, 0.25) is 5.02 Å². The summed E-state index contributed by atoms with van der Waals surface area (Å²) in [6.45, 7) is -0.134. The summed E-state index contributed by atoms with van der Waals surface area (Å²) in [5.41, 5.74) is 0.104. The van der Waals surface area contributed by atoms with E-state index in [1.54, 1.807) is 0 Å². The van der Waals surface area contributed by atoms with Gasteiger partial charge < -0.3 is 10.0 Å². The molecule has 0 unspecified atom stereocenters. The number of carboxylic acid groups (broad SMARTS) is 1. The van der Waals surface area contributed by atoms with Crippen molar-refractivity contribution in [1.82, 2.24) is 0 Å². The number of benzene rings is 1. The molecular weight excluding hydrogens is 277 g/mol. The van der Waals surface area contributed by atoms with Gasteiger partial charge in [-0.2, -0.15) is 0 Å². The van der Waals surface area contributed by atoms with Gasteiger partial charge in [0.1, 0.15) is 5.82 Å². The summed E-state index contributed by atoms with van der Waals surface area (Å²) in [5.74, 6) is -3.57. The Morgan fingerprint density at radius 3 is 2.74 bits per heavy atom. The molecule has 0 spiro atoms. The van der Waals surface area contributed by atoms with Gasteiger partial charge in [0.25, 0.3) is 11.7 Å². The zero-order chi connectivity index (χ0) is 14.2. The summed E-state index contributed by atoms with van der Waals surface area (Å²) in [7, 11) is 0. The Hall–Kier alpha value is -2.21. The van der Waals surface area contributed by atoms with Gasteiger partial charge in [0.05, 0.1) is 16.3 Å². The smallest absolute Gasteiger partial charge is 0.328 e. The molecule has 1 aliphatic heterocycles. The van der Waals surface area contributed by atoms with Crippen molar-refractivity contribution in [1.29, 1.82) is 0 Å². The monoisotopic (exact) mass is 283 g/mol. The van der Waals surface area contributed by atoms with Crippen LogP contribution in [0.25, 0.3) is 0 Å². The lowest BCUT2D eigenvalue weighted by molar-refractivity contribution is -0.131. The largest absolute Gasteiger partial charge is 0.478 e. The number of fused-ring (bicyclic) bond motifs is 1. The number of carbonyl (C=O) groups excluding carboxylic acids is 2. The maximum atomic E-state index is 13.4. The maximum Gasteiger partial charge on any atom is 0.328 e. The number of amides is 1. The molecule has 1 aromatic rings. The summed E-state index contributed by atoms with van der Waals surface area (Å²) in [6.07, 6.45) is 2.02. The minimum atomic E-state index is -1.18. The van der Waals surface area contributed by atoms with E-state index in [-0.39, 0.29) is 22.8 Å². The minimum Gasteiger partial charge on any atom is -0.478 e. The molecule has 98 valence electrons. The fourth-order valence-corrected chi connectivity index (χ4v) is 1.89. The number of aliphatic carboxylic acids is 1. The first-order chi connectivity index (χ1) is 8.91. The summed E-state index contributed by atoms with van der Waals surface area (Å²) in [5, 5.41) is 8.20. The molecule has 1 amide bonds. The van der Waals surface area contributed by atoms with E-state index < -0.39 is 23.5 Å². The van der Waals surface area contributed by atoms with Gasteiger partial charge in [0.15, 0.2) is 0 Å². The SMILES string of the molecule is O=C(O)/C=C/CN1C(=O)C(=O)c2cc(Cl)c(F)cc21. The molecule has 19 heavy (non-hydrogen) atoms. The number of ketones is 1. The van der Waals surface area contributed by atoms with E-state index in [0.717, 1.165) is 23.1 Å². The number of nitrogens with zero attached hydrogens (tertiary/aromatic N) is 1. The van der Waals surface area contributed by atoms with Crippen LogP contribution < -0.4 is 4.90 Å². The van der Waals surface area contributed by atoms with Crippen LogP contribution in [-0.2, 0) is 9.59 Å². The Bertz CT molecular complexity index is 626. The molecule has 0 saturated carbocycles. The molecular formula is C12H7ClFNO4. The lowest BCUT2D eigenvalue weighted by Gasteiger charge is -2.13. The Labute approximate surface area is 111 Å². The fourth-order valence-electron chi connectivity index (χ4n) is 1.73. The van der Waals surface area contributed by atoms with Crippen LogP contribution in [0.5, 0.6) is 0 Å². The van der Waals surface area contributed by atoms with Crippen molar-refractivity contribution >= 4 is 34.9 Å². The third-order valence-corrected chi connectivity index (χ3v) is 2.85. The van der Waals surface area contributed by atoms with Gasteiger partial charge in [-0.1, -0.05) is 17.7 Å². The first kappa shape index (κ1) is 13.2. The number of hydrogen-bond donors (Lipinski definition) is 1. The summed E-state index contributed by atoms with van der Waals surface area (Å²) in [4.78, 5) is 34.7. The average Bonchev–Trinajstić information content (AvgIpc) is 2.55. The highest BCUT2D eigenvalue weighted by Crippen LogP contribution is 2.32. The minimum absolute atomic E-state index is 0.0140. The Morgan fingerprint density at radius 1 is 1.42 bits per heavy atom. The van der Waals surface area contributed by atoms with E-state index in [0.29, 0.717) is 0 Å². The van der Waals surface area contributed by atoms with Gasteiger partial charge in [-0.3, -0.25) is 9.59 Å². The van der Waals surface area contributed by atoms with E-state index in [4.69, 9.17) is 16.7 Å². The second-order valence-electron chi connectivity index (χ2n) is 3.77. The van der Waals surface area contributed by atoms with Gasteiger partial charge in [-0.25, -0.2) is 9.18 Å². The van der Waals surface area contributed by atoms with Crippen molar-refractivity contribution < 1.29 is 23.9 Å². The van der Waals surface area contributed by atoms with Crippen LogP contribution in [0.3, 0.4) is 0 Å². The van der Waals surface area contributed by atoms with Crippen molar-refractivity contribution in [2.75, 3.05) is 11.4 Å². The molecule has 0 aliphatic carbocycles. The van der Waals surface area contributed by atoms with Crippen molar-refractivity contribution in [3.8, 4) is 0 Å². The number of hydrogen-bond acceptors (Lipinski definition) is 3. The molecule has 7 heteroatoms. The maximum absolute atomic E-state index is 13.4. The highest BCUT2D eigenvalue weighted by molar-refractivity contribution is 6.52. The molecule has 0 aromatic heterocycles. The number of rotatable bonds is 3. The quantitative estimate of drug-likeness (QED) is 0.676. The van der Waals surface area contributed by atoms with Gasteiger partial charge >= 0.3 is 5.97 Å². The van der Waals surface area contributed by atoms with Gasteiger partial charge in [-0.15, -0.1) is 0 Å². The van der Waals surface area contributed by atoms with Crippen molar-refractivity contribution in [2.24, 2.45) is 0 Å². The number of carbonyl (C=O) groups is 3. The van der Waals surface area contributed by atoms with E-state index in [2.05, 4.69) is 0 Å². The normalized spacial score (nSPS) is 14.3. The lowest BCUT2D eigenvalue weighted by atomic mass is 10.1. The second kappa shape index (κ2) is 4.81. The lowest BCUT2D eigenvalue weighted by Crippen LogP contribution is -2.29. The average molecular weight is 284 g/mol. The number of anilines is 1. The topological polar surface area (TPSA) is 74.7 Å². The van der Waals surface area contributed by atoms with Crippen LogP contribution in [0.1, 0.15) is 10.4 Å². The van der Waals surface area contributed by atoms with Gasteiger partial charge in [0, 0.05) is 12.6 Å². The Balaban J connectivity index is 2.38. The molecule has 1 aliphatic rings.